The highest BCUT2D eigenvalue weighted by molar-refractivity contribution is 5.78. The van der Waals surface area contributed by atoms with Gasteiger partial charge in [0.1, 0.15) is 5.54 Å². The first kappa shape index (κ1) is 13.8. The van der Waals surface area contributed by atoms with Gasteiger partial charge < -0.3 is 10.4 Å². The summed E-state index contributed by atoms with van der Waals surface area (Å²) in [6, 6.07) is 0. The predicted molar refractivity (Wildman–Crippen MR) is 71.7 cm³/mol. The summed E-state index contributed by atoms with van der Waals surface area (Å²) in [4.78, 5) is 14.1. The first-order valence-corrected chi connectivity index (χ1v) is 7.35. The molecule has 2 fully saturated rings. The van der Waals surface area contributed by atoms with Crippen molar-refractivity contribution in [3.05, 3.63) is 0 Å². The van der Waals surface area contributed by atoms with Gasteiger partial charge in [0.15, 0.2) is 0 Å². The van der Waals surface area contributed by atoms with Gasteiger partial charge in [-0.2, -0.15) is 0 Å². The molecule has 4 nitrogen and oxygen atoms in total. The second kappa shape index (κ2) is 6.02. The van der Waals surface area contributed by atoms with Gasteiger partial charge in [-0.25, -0.2) is 0 Å². The van der Waals surface area contributed by atoms with E-state index in [-0.39, 0.29) is 0 Å². The molecule has 0 amide bonds. The molecule has 104 valence electrons. The Morgan fingerprint density at radius 1 is 1.17 bits per heavy atom. The van der Waals surface area contributed by atoms with Crippen LogP contribution in [-0.4, -0.2) is 47.7 Å². The van der Waals surface area contributed by atoms with Gasteiger partial charge in [0, 0.05) is 19.6 Å². The highest BCUT2D eigenvalue weighted by Crippen LogP contribution is 2.37. The predicted octanol–water partition coefficient (Wildman–Crippen LogP) is 1.71. The Labute approximate surface area is 110 Å². The summed E-state index contributed by atoms with van der Waals surface area (Å²) >= 11 is 0. The zero-order valence-electron chi connectivity index (χ0n) is 11.5. The smallest absolute Gasteiger partial charge is 0.324 e. The van der Waals surface area contributed by atoms with Crippen LogP contribution in [0.1, 0.15) is 45.4 Å². The second-order valence-electron chi connectivity index (χ2n) is 5.88. The van der Waals surface area contributed by atoms with E-state index < -0.39 is 11.5 Å². The highest BCUT2D eigenvalue weighted by atomic mass is 16.4. The van der Waals surface area contributed by atoms with E-state index in [1.54, 1.807) is 0 Å². The average molecular weight is 254 g/mol. The average Bonchev–Trinajstić information content (AvgIpc) is 2.67. The molecule has 2 aliphatic rings. The van der Waals surface area contributed by atoms with Gasteiger partial charge in [-0.1, -0.05) is 19.3 Å². The molecule has 1 unspecified atom stereocenters. The van der Waals surface area contributed by atoms with Crippen molar-refractivity contribution in [1.29, 1.82) is 0 Å². The molecule has 0 aromatic rings. The lowest BCUT2D eigenvalue weighted by Crippen LogP contribution is -2.58. The molecule has 18 heavy (non-hydrogen) atoms. The van der Waals surface area contributed by atoms with Crippen LogP contribution in [0.4, 0.5) is 0 Å². The molecular weight excluding hydrogens is 228 g/mol. The van der Waals surface area contributed by atoms with E-state index in [0.717, 1.165) is 45.4 Å². The van der Waals surface area contributed by atoms with Crippen LogP contribution in [0.25, 0.3) is 0 Å². The number of hydrogen-bond acceptors (Lipinski definition) is 3. The maximum Gasteiger partial charge on any atom is 0.324 e. The number of hydrogen-bond donors (Lipinski definition) is 2. The van der Waals surface area contributed by atoms with Crippen molar-refractivity contribution in [2.75, 3.05) is 26.2 Å². The molecule has 0 bridgehead atoms. The van der Waals surface area contributed by atoms with E-state index in [9.17, 15) is 9.90 Å². The topological polar surface area (TPSA) is 52.6 Å². The Bertz CT molecular complexity index is 282. The maximum absolute atomic E-state index is 11.9. The van der Waals surface area contributed by atoms with Crippen LogP contribution in [0.2, 0.25) is 0 Å². The highest BCUT2D eigenvalue weighted by Gasteiger charge is 2.46. The van der Waals surface area contributed by atoms with Crippen LogP contribution in [0.15, 0.2) is 0 Å². The number of aliphatic carboxylic acids is 1. The molecule has 1 saturated carbocycles. The summed E-state index contributed by atoms with van der Waals surface area (Å²) in [5.41, 5.74) is -0.660. The molecule has 1 atom stereocenters. The Kier molecular flexibility index (Phi) is 4.62. The first-order valence-electron chi connectivity index (χ1n) is 7.35. The molecule has 1 heterocycles. The fourth-order valence-electron chi connectivity index (χ4n) is 3.54. The Morgan fingerprint density at radius 2 is 1.89 bits per heavy atom. The molecule has 0 aromatic heterocycles. The standard InChI is InChI=1S/C14H26N2O2/c1-14(13(17)18,12-6-3-2-4-7-12)16-10-5-8-15-9-11-16/h12,15H,2-11H2,1H3,(H,17,18). The Morgan fingerprint density at radius 3 is 2.56 bits per heavy atom. The number of nitrogens with zero attached hydrogens (tertiary/aromatic N) is 1. The van der Waals surface area contributed by atoms with Crippen LogP contribution in [0.3, 0.4) is 0 Å². The van der Waals surface area contributed by atoms with E-state index >= 15 is 0 Å². The number of nitrogens with one attached hydrogen (secondary N) is 1. The van der Waals surface area contributed by atoms with Gasteiger partial charge in [-0.05, 0) is 38.6 Å². The van der Waals surface area contributed by atoms with Crippen molar-refractivity contribution in [2.45, 2.75) is 51.0 Å². The fraction of sp³-hybridized carbons (Fsp3) is 0.929. The molecule has 0 aromatic carbocycles. The third-order valence-electron chi connectivity index (χ3n) is 4.83. The number of carbonyl (C=O) groups is 1. The van der Waals surface area contributed by atoms with Crippen molar-refractivity contribution in [3.8, 4) is 0 Å². The van der Waals surface area contributed by atoms with E-state index in [4.69, 9.17) is 0 Å². The molecule has 2 rings (SSSR count). The largest absolute Gasteiger partial charge is 0.480 e. The second-order valence-corrected chi connectivity index (χ2v) is 5.88. The summed E-state index contributed by atoms with van der Waals surface area (Å²) in [6.07, 6.45) is 6.86. The summed E-state index contributed by atoms with van der Waals surface area (Å²) in [5, 5.41) is 13.1. The van der Waals surface area contributed by atoms with Crippen LogP contribution >= 0.6 is 0 Å². The molecule has 0 radical (unpaired) electrons. The Hall–Kier alpha value is -0.610. The third kappa shape index (κ3) is 2.69. The van der Waals surface area contributed by atoms with Crippen molar-refractivity contribution < 1.29 is 9.90 Å². The van der Waals surface area contributed by atoms with E-state index in [1.807, 2.05) is 6.92 Å². The fourth-order valence-corrected chi connectivity index (χ4v) is 3.54. The lowest BCUT2D eigenvalue weighted by Gasteiger charge is -2.44. The minimum absolute atomic E-state index is 0.321. The number of rotatable bonds is 3. The molecule has 1 saturated heterocycles. The van der Waals surface area contributed by atoms with E-state index in [0.29, 0.717) is 5.92 Å². The van der Waals surface area contributed by atoms with Gasteiger partial charge >= 0.3 is 5.97 Å². The maximum atomic E-state index is 11.9. The van der Waals surface area contributed by atoms with E-state index in [1.165, 1.54) is 19.3 Å². The third-order valence-corrected chi connectivity index (χ3v) is 4.83. The lowest BCUT2D eigenvalue weighted by atomic mass is 9.74. The van der Waals surface area contributed by atoms with Crippen molar-refractivity contribution in [1.82, 2.24) is 10.2 Å². The van der Waals surface area contributed by atoms with Gasteiger partial charge in [-0.15, -0.1) is 0 Å². The molecule has 2 N–H and O–H groups in total. The molecular formula is C14H26N2O2. The SMILES string of the molecule is CC(C(=O)O)(C1CCCCC1)N1CCCNCC1. The first-order chi connectivity index (χ1) is 8.65. The lowest BCUT2D eigenvalue weighted by molar-refractivity contribution is -0.155. The molecule has 1 aliphatic carbocycles. The zero-order valence-corrected chi connectivity index (χ0v) is 11.5. The van der Waals surface area contributed by atoms with Crippen molar-refractivity contribution in [3.63, 3.8) is 0 Å². The number of carboxylic acids is 1. The molecule has 4 heteroatoms. The Balaban J connectivity index is 2.15. The minimum Gasteiger partial charge on any atom is -0.480 e. The van der Waals surface area contributed by atoms with Crippen LogP contribution in [0.5, 0.6) is 0 Å². The quantitative estimate of drug-likeness (QED) is 0.805. The van der Waals surface area contributed by atoms with Crippen LogP contribution in [-0.2, 0) is 4.79 Å². The van der Waals surface area contributed by atoms with Crippen molar-refractivity contribution in [2.24, 2.45) is 5.92 Å². The van der Waals surface area contributed by atoms with Gasteiger partial charge in [0.2, 0.25) is 0 Å². The summed E-state index contributed by atoms with van der Waals surface area (Å²) in [5.74, 6) is -0.307. The normalized spacial score (nSPS) is 27.4. The van der Waals surface area contributed by atoms with E-state index in [2.05, 4.69) is 10.2 Å². The minimum atomic E-state index is -0.660. The zero-order chi connectivity index (χ0) is 13.0. The molecule has 0 spiro atoms. The summed E-state index contributed by atoms with van der Waals surface area (Å²) < 4.78 is 0. The van der Waals surface area contributed by atoms with Crippen molar-refractivity contribution >= 4 is 5.97 Å². The van der Waals surface area contributed by atoms with Gasteiger partial charge in [-0.3, -0.25) is 9.69 Å². The molecule has 1 aliphatic heterocycles. The van der Waals surface area contributed by atoms with Gasteiger partial charge in [0.25, 0.3) is 0 Å². The number of carboxylic acid groups (broad SMARTS) is 1. The van der Waals surface area contributed by atoms with Crippen LogP contribution < -0.4 is 5.32 Å². The van der Waals surface area contributed by atoms with Crippen LogP contribution in [0, 0.1) is 5.92 Å². The summed E-state index contributed by atoms with van der Waals surface area (Å²) in [6.45, 7) is 5.65. The monoisotopic (exact) mass is 254 g/mol. The summed E-state index contributed by atoms with van der Waals surface area (Å²) in [7, 11) is 0. The van der Waals surface area contributed by atoms with Gasteiger partial charge in [0.05, 0.1) is 0 Å².